The highest BCUT2D eigenvalue weighted by molar-refractivity contribution is 7.80. The average molecular weight is 358 g/mol. The Morgan fingerprint density at radius 1 is 1.16 bits per heavy atom. The second-order valence-electron chi connectivity index (χ2n) is 5.98. The molecule has 0 unspecified atom stereocenters. The van der Waals surface area contributed by atoms with E-state index in [1.54, 1.807) is 42.5 Å². The molecule has 2 rings (SSSR count). The van der Waals surface area contributed by atoms with Crippen molar-refractivity contribution in [3.63, 3.8) is 0 Å². The number of hydrogen-bond donors (Lipinski definition) is 3. The van der Waals surface area contributed by atoms with Crippen molar-refractivity contribution in [1.82, 2.24) is 5.32 Å². The van der Waals surface area contributed by atoms with Gasteiger partial charge in [0, 0.05) is 5.56 Å². The van der Waals surface area contributed by atoms with Crippen LogP contribution in [0, 0.1) is 5.92 Å². The fourth-order valence-corrected chi connectivity index (χ4v) is 2.23. The number of phenolic OH excluding ortho intramolecular Hbond substituents is 1. The van der Waals surface area contributed by atoms with E-state index < -0.39 is 0 Å². The molecule has 0 heterocycles. The van der Waals surface area contributed by atoms with Crippen LogP contribution in [-0.4, -0.2) is 22.7 Å². The lowest BCUT2D eigenvalue weighted by atomic mass is 10.1. The molecule has 0 atom stereocenters. The van der Waals surface area contributed by atoms with Crippen molar-refractivity contribution in [1.29, 1.82) is 0 Å². The van der Waals surface area contributed by atoms with Crippen LogP contribution in [0.3, 0.4) is 0 Å². The Kier molecular flexibility index (Phi) is 6.77. The molecule has 3 N–H and O–H groups in total. The summed E-state index contributed by atoms with van der Waals surface area (Å²) in [5, 5.41) is 15.2. The minimum Gasteiger partial charge on any atom is -0.506 e. The van der Waals surface area contributed by atoms with Gasteiger partial charge < -0.3 is 15.2 Å². The SMILES string of the molecule is CC(C)CCOc1ccc(C(=O)NC(=S)Nc2ccccc2O)cc1. The maximum atomic E-state index is 12.2. The van der Waals surface area contributed by atoms with Crippen LogP contribution in [-0.2, 0) is 0 Å². The molecule has 5 nitrogen and oxygen atoms in total. The number of rotatable bonds is 6. The van der Waals surface area contributed by atoms with E-state index in [1.807, 2.05) is 0 Å². The third kappa shape index (κ3) is 6.08. The lowest BCUT2D eigenvalue weighted by Gasteiger charge is -2.11. The zero-order valence-corrected chi connectivity index (χ0v) is 15.1. The number of carbonyl (C=O) groups is 1. The molecule has 0 aliphatic carbocycles. The first-order valence-corrected chi connectivity index (χ1v) is 8.49. The minimum absolute atomic E-state index is 0.0574. The van der Waals surface area contributed by atoms with Gasteiger partial charge in [0.25, 0.3) is 5.91 Å². The predicted molar refractivity (Wildman–Crippen MR) is 103 cm³/mol. The molecular formula is C19H22N2O3S. The Morgan fingerprint density at radius 2 is 1.84 bits per heavy atom. The van der Waals surface area contributed by atoms with Crippen molar-refractivity contribution in [2.24, 2.45) is 5.92 Å². The molecular weight excluding hydrogens is 336 g/mol. The number of benzene rings is 2. The van der Waals surface area contributed by atoms with Gasteiger partial charge in [-0.1, -0.05) is 26.0 Å². The molecule has 2 aromatic rings. The summed E-state index contributed by atoms with van der Waals surface area (Å²) in [6, 6.07) is 13.5. The van der Waals surface area contributed by atoms with Crippen LogP contribution in [0.25, 0.3) is 0 Å². The van der Waals surface area contributed by atoms with Gasteiger partial charge in [-0.3, -0.25) is 10.1 Å². The number of carbonyl (C=O) groups excluding carboxylic acids is 1. The van der Waals surface area contributed by atoms with Gasteiger partial charge in [0.15, 0.2) is 5.11 Å². The van der Waals surface area contributed by atoms with E-state index in [4.69, 9.17) is 17.0 Å². The zero-order valence-electron chi connectivity index (χ0n) is 14.3. The van der Waals surface area contributed by atoms with E-state index in [0.29, 0.717) is 23.8 Å². The molecule has 0 aliphatic rings. The van der Waals surface area contributed by atoms with E-state index >= 15 is 0 Å². The Balaban J connectivity index is 1.87. The van der Waals surface area contributed by atoms with Crippen LogP contribution in [0.15, 0.2) is 48.5 Å². The maximum Gasteiger partial charge on any atom is 0.257 e. The van der Waals surface area contributed by atoms with Crippen molar-refractivity contribution in [2.45, 2.75) is 20.3 Å². The summed E-state index contributed by atoms with van der Waals surface area (Å²) in [5.41, 5.74) is 0.902. The van der Waals surface area contributed by atoms with E-state index in [9.17, 15) is 9.90 Å². The predicted octanol–water partition coefficient (Wildman–Crippen LogP) is 3.94. The van der Waals surface area contributed by atoms with E-state index in [2.05, 4.69) is 24.5 Å². The molecule has 0 fully saturated rings. The number of nitrogens with one attached hydrogen (secondary N) is 2. The normalized spacial score (nSPS) is 10.4. The molecule has 6 heteroatoms. The molecule has 0 aromatic heterocycles. The highest BCUT2D eigenvalue weighted by atomic mass is 32.1. The van der Waals surface area contributed by atoms with Crippen molar-refractivity contribution in [3.8, 4) is 11.5 Å². The van der Waals surface area contributed by atoms with Crippen molar-refractivity contribution in [2.75, 3.05) is 11.9 Å². The topological polar surface area (TPSA) is 70.6 Å². The first kappa shape index (κ1) is 18.7. The third-order valence-corrected chi connectivity index (χ3v) is 3.66. The maximum absolute atomic E-state index is 12.2. The molecule has 0 saturated carbocycles. The van der Waals surface area contributed by atoms with Crippen LogP contribution >= 0.6 is 12.2 Å². The average Bonchev–Trinajstić information content (AvgIpc) is 2.57. The molecule has 1 amide bonds. The first-order valence-electron chi connectivity index (χ1n) is 8.09. The van der Waals surface area contributed by atoms with Crippen molar-refractivity contribution in [3.05, 3.63) is 54.1 Å². The Labute approximate surface area is 153 Å². The van der Waals surface area contributed by atoms with Gasteiger partial charge in [0.05, 0.1) is 12.3 Å². The van der Waals surface area contributed by atoms with E-state index in [-0.39, 0.29) is 16.8 Å². The first-order chi connectivity index (χ1) is 12.0. The lowest BCUT2D eigenvalue weighted by molar-refractivity contribution is 0.0977. The fraction of sp³-hybridized carbons (Fsp3) is 0.263. The molecule has 2 aromatic carbocycles. The van der Waals surface area contributed by atoms with Gasteiger partial charge in [0.1, 0.15) is 11.5 Å². The van der Waals surface area contributed by atoms with Crippen LogP contribution in [0.1, 0.15) is 30.6 Å². The molecule has 0 bridgehead atoms. The van der Waals surface area contributed by atoms with Gasteiger partial charge in [-0.05, 0) is 61.0 Å². The number of hydrogen-bond acceptors (Lipinski definition) is 4. The summed E-state index contributed by atoms with van der Waals surface area (Å²) in [7, 11) is 0. The van der Waals surface area contributed by atoms with Crippen molar-refractivity contribution >= 4 is 28.9 Å². The minimum atomic E-state index is -0.332. The van der Waals surface area contributed by atoms with Gasteiger partial charge in [-0.15, -0.1) is 0 Å². The highest BCUT2D eigenvalue weighted by Gasteiger charge is 2.09. The Hall–Kier alpha value is -2.60. The number of aromatic hydroxyl groups is 1. The van der Waals surface area contributed by atoms with Crippen LogP contribution in [0.2, 0.25) is 0 Å². The standard InChI is InChI=1S/C19H22N2O3S/c1-13(2)11-12-24-15-9-7-14(8-10-15)18(23)21-19(25)20-16-5-3-4-6-17(16)22/h3-10,13,22H,11-12H2,1-2H3,(H2,20,21,23,25). The number of anilines is 1. The molecule has 0 spiro atoms. The van der Waals surface area contributed by atoms with E-state index in [0.717, 1.165) is 12.2 Å². The summed E-state index contributed by atoms with van der Waals surface area (Å²) in [6.07, 6.45) is 0.981. The molecule has 0 saturated heterocycles. The summed E-state index contributed by atoms with van der Waals surface area (Å²) in [4.78, 5) is 12.2. The number of amides is 1. The molecule has 25 heavy (non-hydrogen) atoms. The summed E-state index contributed by atoms with van der Waals surface area (Å²) >= 11 is 5.10. The van der Waals surface area contributed by atoms with Crippen molar-refractivity contribution < 1.29 is 14.6 Å². The molecule has 0 aliphatic heterocycles. The smallest absolute Gasteiger partial charge is 0.257 e. The number of phenols is 1. The third-order valence-electron chi connectivity index (χ3n) is 3.46. The van der Waals surface area contributed by atoms with Gasteiger partial charge >= 0.3 is 0 Å². The van der Waals surface area contributed by atoms with Gasteiger partial charge in [0.2, 0.25) is 0 Å². The second-order valence-corrected chi connectivity index (χ2v) is 6.39. The quantitative estimate of drug-likeness (QED) is 0.539. The largest absolute Gasteiger partial charge is 0.506 e. The zero-order chi connectivity index (χ0) is 18.2. The van der Waals surface area contributed by atoms with Crippen LogP contribution in [0.5, 0.6) is 11.5 Å². The summed E-state index contributed by atoms with van der Waals surface area (Å²) < 4.78 is 5.63. The number of thiocarbonyl (C=S) groups is 1. The lowest BCUT2D eigenvalue weighted by Crippen LogP contribution is -2.34. The van der Waals surface area contributed by atoms with Gasteiger partial charge in [-0.2, -0.15) is 0 Å². The number of para-hydroxylation sites is 2. The van der Waals surface area contributed by atoms with Crippen LogP contribution in [0.4, 0.5) is 5.69 Å². The Morgan fingerprint density at radius 3 is 2.48 bits per heavy atom. The summed E-state index contributed by atoms with van der Waals surface area (Å²) in [5.74, 6) is 1.04. The fourth-order valence-electron chi connectivity index (χ4n) is 2.02. The highest BCUT2D eigenvalue weighted by Crippen LogP contribution is 2.21. The monoisotopic (exact) mass is 358 g/mol. The molecule has 132 valence electrons. The van der Waals surface area contributed by atoms with Gasteiger partial charge in [-0.25, -0.2) is 0 Å². The van der Waals surface area contributed by atoms with Crippen LogP contribution < -0.4 is 15.4 Å². The summed E-state index contributed by atoms with van der Waals surface area (Å²) in [6.45, 7) is 4.93. The van der Waals surface area contributed by atoms with E-state index in [1.165, 1.54) is 6.07 Å². The Bertz CT molecular complexity index is 730. The number of ether oxygens (including phenoxy) is 1. The second kappa shape index (κ2) is 9.03. The molecule has 0 radical (unpaired) electrons.